The summed E-state index contributed by atoms with van der Waals surface area (Å²) in [4.78, 5) is 2.18. The van der Waals surface area contributed by atoms with E-state index < -0.39 is 6.10 Å². The summed E-state index contributed by atoms with van der Waals surface area (Å²) in [5.41, 5.74) is 0. The van der Waals surface area contributed by atoms with Gasteiger partial charge in [-0.1, -0.05) is 13.8 Å². The lowest BCUT2D eigenvalue weighted by atomic mass is 10.0. The number of nitrogens with zero attached hydrogens (tertiary/aromatic N) is 1. The Balaban J connectivity index is 3.93. The quantitative estimate of drug-likeness (QED) is 0.622. The molecule has 0 aliphatic heterocycles. The number of rotatable bonds is 10. The first-order valence-corrected chi connectivity index (χ1v) is 6.99. The molecule has 0 rings (SSSR count). The van der Waals surface area contributed by atoms with Gasteiger partial charge in [0.2, 0.25) is 0 Å². The first-order valence-electron chi connectivity index (χ1n) is 6.99. The van der Waals surface area contributed by atoms with Gasteiger partial charge < -0.3 is 20.1 Å². The second-order valence-electron chi connectivity index (χ2n) is 6.03. The van der Waals surface area contributed by atoms with Crippen molar-refractivity contribution in [1.82, 2.24) is 10.2 Å². The van der Waals surface area contributed by atoms with Gasteiger partial charge in [-0.15, -0.1) is 0 Å². The topological polar surface area (TPSA) is 44.7 Å². The Morgan fingerprint density at radius 1 is 1.17 bits per heavy atom. The molecule has 0 spiro atoms. The standard InChI is InChI=1S/C14H32N2O2/c1-11(2)7-13(9-16(5)6)15-8-14(17)10-18-12(3)4/h11-15,17H,7-10H2,1-6H3. The Morgan fingerprint density at radius 3 is 2.22 bits per heavy atom. The zero-order valence-corrected chi connectivity index (χ0v) is 12.9. The summed E-state index contributed by atoms with van der Waals surface area (Å²) in [7, 11) is 4.15. The molecule has 0 aliphatic carbocycles. The van der Waals surface area contributed by atoms with Gasteiger partial charge in [-0.05, 0) is 40.3 Å². The molecule has 4 nitrogen and oxygen atoms in total. The van der Waals surface area contributed by atoms with Gasteiger partial charge in [-0.2, -0.15) is 0 Å². The molecule has 110 valence electrons. The summed E-state index contributed by atoms with van der Waals surface area (Å²) in [5, 5.41) is 13.2. The number of nitrogens with one attached hydrogen (secondary N) is 1. The molecule has 2 atom stereocenters. The number of ether oxygens (including phenoxy) is 1. The SMILES string of the molecule is CC(C)CC(CN(C)C)NCC(O)COC(C)C. The molecule has 0 aromatic carbocycles. The van der Waals surface area contributed by atoms with Crippen molar-refractivity contribution in [2.75, 3.05) is 33.8 Å². The molecule has 0 saturated carbocycles. The highest BCUT2D eigenvalue weighted by Crippen LogP contribution is 2.05. The van der Waals surface area contributed by atoms with Gasteiger partial charge in [0, 0.05) is 19.1 Å². The van der Waals surface area contributed by atoms with Crippen LogP contribution in [0.4, 0.5) is 0 Å². The van der Waals surface area contributed by atoms with Crippen molar-refractivity contribution in [3.63, 3.8) is 0 Å². The van der Waals surface area contributed by atoms with E-state index in [0.29, 0.717) is 25.1 Å². The third kappa shape index (κ3) is 11.0. The van der Waals surface area contributed by atoms with Crippen molar-refractivity contribution in [2.24, 2.45) is 5.92 Å². The van der Waals surface area contributed by atoms with Gasteiger partial charge >= 0.3 is 0 Å². The van der Waals surface area contributed by atoms with Crippen LogP contribution in [-0.4, -0.2) is 62.0 Å². The fourth-order valence-electron chi connectivity index (χ4n) is 1.90. The fraction of sp³-hybridized carbons (Fsp3) is 1.00. The van der Waals surface area contributed by atoms with Crippen molar-refractivity contribution in [2.45, 2.75) is 52.4 Å². The second kappa shape index (κ2) is 9.73. The lowest BCUT2D eigenvalue weighted by molar-refractivity contribution is 0.00495. The van der Waals surface area contributed by atoms with Gasteiger partial charge in [-0.3, -0.25) is 0 Å². The lowest BCUT2D eigenvalue weighted by Gasteiger charge is -2.25. The maximum absolute atomic E-state index is 9.81. The molecule has 0 radical (unpaired) electrons. The molecule has 2 unspecified atom stereocenters. The van der Waals surface area contributed by atoms with Gasteiger partial charge in [0.1, 0.15) is 0 Å². The second-order valence-corrected chi connectivity index (χ2v) is 6.03. The van der Waals surface area contributed by atoms with Crippen LogP contribution in [0.25, 0.3) is 0 Å². The Bertz CT molecular complexity index is 186. The molecule has 18 heavy (non-hydrogen) atoms. The monoisotopic (exact) mass is 260 g/mol. The minimum Gasteiger partial charge on any atom is -0.389 e. The fourth-order valence-corrected chi connectivity index (χ4v) is 1.90. The first kappa shape index (κ1) is 17.8. The largest absolute Gasteiger partial charge is 0.389 e. The predicted molar refractivity (Wildman–Crippen MR) is 76.9 cm³/mol. The number of hydrogen-bond donors (Lipinski definition) is 2. The van der Waals surface area contributed by atoms with Crippen LogP contribution in [0.3, 0.4) is 0 Å². The number of hydrogen-bond acceptors (Lipinski definition) is 4. The summed E-state index contributed by atoms with van der Waals surface area (Å²) >= 11 is 0. The normalized spacial score (nSPS) is 15.7. The van der Waals surface area contributed by atoms with Crippen molar-refractivity contribution >= 4 is 0 Å². The molecule has 4 heteroatoms. The van der Waals surface area contributed by atoms with Crippen LogP contribution in [0.5, 0.6) is 0 Å². The minimum atomic E-state index is -0.427. The molecular formula is C14H32N2O2. The first-order chi connectivity index (χ1) is 8.31. The van der Waals surface area contributed by atoms with Crippen LogP contribution in [0.1, 0.15) is 34.1 Å². The lowest BCUT2D eigenvalue weighted by Crippen LogP contribution is -2.43. The molecule has 0 bridgehead atoms. The van der Waals surface area contributed by atoms with Crippen LogP contribution in [-0.2, 0) is 4.74 Å². The third-order valence-electron chi connectivity index (χ3n) is 2.61. The van der Waals surface area contributed by atoms with E-state index in [1.54, 1.807) is 0 Å². The zero-order valence-electron chi connectivity index (χ0n) is 12.9. The molecule has 0 aromatic heterocycles. The Kier molecular flexibility index (Phi) is 9.64. The van der Waals surface area contributed by atoms with Crippen LogP contribution in [0.2, 0.25) is 0 Å². The average molecular weight is 260 g/mol. The van der Waals surface area contributed by atoms with Crippen LogP contribution < -0.4 is 5.32 Å². The summed E-state index contributed by atoms with van der Waals surface area (Å²) in [6.07, 6.45) is 0.868. The van der Waals surface area contributed by atoms with Gasteiger partial charge in [0.25, 0.3) is 0 Å². The third-order valence-corrected chi connectivity index (χ3v) is 2.61. The van der Waals surface area contributed by atoms with Crippen molar-refractivity contribution in [3.8, 4) is 0 Å². The summed E-state index contributed by atoms with van der Waals surface area (Å²) in [6.45, 7) is 10.4. The summed E-state index contributed by atoms with van der Waals surface area (Å²) < 4.78 is 5.40. The predicted octanol–water partition coefficient (Wildman–Crippen LogP) is 1.34. The highest BCUT2D eigenvalue weighted by Gasteiger charge is 2.14. The van der Waals surface area contributed by atoms with Gasteiger partial charge in [-0.25, -0.2) is 0 Å². The number of aliphatic hydroxyl groups excluding tert-OH is 1. The van der Waals surface area contributed by atoms with E-state index in [-0.39, 0.29) is 6.10 Å². The Labute approximate surface area is 113 Å². The number of aliphatic hydroxyl groups is 1. The molecule has 2 N–H and O–H groups in total. The highest BCUT2D eigenvalue weighted by molar-refractivity contribution is 4.73. The summed E-state index contributed by atoms with van der Waals surface area (Å²) in [5.74, 6) is 0.659. The smallest absolute Gasteiger partial charge is 0.0897 e. The van der Waals surface area contributed by atoms with Crippen molar-refractivity contribution in [3.05, 3.63) is 0 Å². The maximum atomic E-state index is 9.81. The molecule has 0 heterocycles. The maximum Gasteiger partial charge on any atom is 0.0897 e. The van der Waals surface area contributed by atoms with Crippen LogP contribution in [0.15, 0.2) is 0 Å². The van der Waals surface area contributed by atoms with E-state index >= 15 is 0 Å². The molecule has 0 saturated heterocycles. The van der Waals surface area contributed by atoms with E-state index in [0.717, 1.165) is 13.0 Å². The minimum absolute atomic E-state index is 0.174. The van der Waals surface area contributed by atoms with Crippen molar-refractivity contribution in [1.29, 1.82) is 0 Å². The van der Waals surface area contributed by atoms with E-state index in [1.807, 2.05) is 13.8 Å². The highest BCUT2D eigenvalue weighted by atomic mass is 16.5. The van der Waals surface area contributed by atoms with E-state index in [4.69, 9.17) is 4.74 Å². The Morgan fingerprint density at radius 2 is 1.78 bits per heavy atom. The van der Waals surface area contributed by atoms with Gasteiger partial charge in [0.05, 0.1) is 18.8 Å². The summed E-state index contributed by atoms with van der Waals surface area (Å²) in [6, 6.07) is 0.425. The van der Waals surface area contributed by atoms with E-state index in [1.165, 1.54) is 0 Å². The number of likely N-dealkylation sites (N-methyl/N-ethyl adjacent to an activating group) is 1. The van der Waals surface area contributed by atoms with Gasteiger partial charge in [0.15, 0.2) is 0 Å². The van der Waals surface area contributed by atoms with Crippen molar-refractivity contribution < 1.29 is 9.84 Å². The zero-order chi connectivity index (χ0) is 14.1. The molecule has 0 aromatic rings. The Hall–Kier alpha value is -0.160. The van der Waals surface area contributed by atoms with Crippen LogP contribution in [0, 0.1) is 5.92 Å². The van der Waals surface area contributed by atoms with E-state index in [2.05, 4.69) is 38.2 Å². The molecule has 0 fully saturated rings. The van der Waals surface area contributed by atoms with E-state index in [9.17, 15) is 5.11 Å². The molecule has 0 aliphatic rings. The molecular weight excluding hydrogens is 228 g/mol. The molecule has 0 amide bonds. The average Bonchev–Trinajstić information content (AvgIpc) is 2.21. The van der Waals surface area contributed by atoms with Crippen LogP contribution >= 0.6 is 0 Å².